The molecule has 6 nitrogen and oxygen atoms in total. The van der Waals surface area contributed by atoms with Crippen molar-refractivity contribution >= 4 is 12.1 Å². The fraction of sp³-hybridized carbons (Fsp3) is 0.833. The lowest BCUT2D eigenvalue weighted by atomic mass is 10.0. The zero-order valence-electron chi connectivity index (χ0n) is 11.5. The molecule has 6 heteroatoms. The van der Waals surface area contributed by atoms with Crippen LogP contribution in [0.1, 0.15) is 34.1 Å². The van der Waals surface area contributed by atoms with E-state index in [-0.39, 0.29) is 13.0 Å². The topological polar surface area (TPSA) is 76.1 Å². The van der Waals surface area contributed by atoms with Gasteiger partial charge in [-0.2, -0.15) is 0 Å². The zero-order valence-corrected chi connectivity index (χ0v) is 11.5. The van der Waals surface area contributed by atoms with Crippen LogP contribution in [-0.4, -0.2) is 53.0 Å². The number of carboxylic acid groups (broad SMARTS) is 1. The molecule has 0 aromatic rings. The molecule has 0 aromatic heterocycles. The van der Waals surface area contributed by atoms with Gasteiger partial charge in [0.2, 0.25) is 0 Å². The third kappa shape index (κ3) is 3.35. The van der Waals surface area contributed by atoms with Gasteiger partial charge in [-0.25, -0.2) is 9.59 Å². The minimum absolute atomic E-state index is 0.218. The Morgan fingerprint density at radius 3 is 2.33 bits per heavy atom. The normalized spacial score (nSPS) is 28.3. The minimum Gasteiger partial charge on any atom is -0.480 e. The maximum atomic E-state index is 12.0. The molecular formula is C12H21NO5. The molecule has 18 heavy (non-hydrogen) atoms. The maximum Gasteiger partial charge on any atom is 0.411 e. The second-order valence-electron chi connectivity index (χ2n) is 5.82. The lowest BCUT2D eigenvalue weighted by molar-refractivity contribution is -0.142. The van der Waals surface area contributed by atoms with Gasteiger partial charge in [-0.15, -0.1) is 0 Å². The highest BCUT2D eigenvalue weighted by Crippen LogP contribution is 2.31. The first-order chi connectivity index (χ1) is 8.08. The quantitative estimate of drug-likeness (QED) is 0.813. The molecule has 0 bridgehead atoms. The molecule has 104 valence electrons. The van der Waals surface area contributed by atoms with Crippen molar-refractivity contribution in [3.05, 3.63) is 0 Å². The first-order valence-corrected chi connectivity index (χ1v) is 5.85. The van der Waals surface area contributed by atoms with Crippen LogP contribution in [0.5, 0.6) is 0 Å². The minimum atomic E-state index is -1.04. The summed E-state index contributed by atoms with van der Waals surface area (Å²) in [5.74, 6) is -1.04. The number of nitrogens with zero attached hydrogens (tertiary/aromatic N) is 1. The zero-order chi connectivity index (χ0) is 14.1. The molecule has 0 saturated carbocycles. The van der Waals surface area contributed by atoms with Crippen molar-refractivity contribution in [2.24, 2.45) is 0 Å². The molecule has 0 aromatic carbocycles. The van der Waals surface area contributed by atoms with Crippen LogP contribution in [0.4, 0.5) is 4.79 Å². The Labute approximate surface area is 107 Å². The van der Waals surface area contributed by atoms with E-state index < -0.39 is 29.3 Å². The molecule has 2 atom stereocenters. The smallest absolute Gasteiger partial charge is 0.411 e. The molecule has 1 fully saturated rings. The average molecular weight is 259 g/mol. The van der Waals surface area contributed by atoms with Crippen LogP contribution in [0.25, 0.3) is 0 Å². The Balaban J connectivity index is 2.85. The summed E-state index contributed by atoms with van der Waals surface area (Å²) in [4.78, 5) is 24.4. The maximum absolute atomic E-state index is 12.0. The number of ether oxygens (including phenoxy) is 2. The number of amides is 1. The van der Waals surface area contributed by atoms with E-state index in [0.29, 0.717) is 0 Å². The van der Waals surface area contributed by atoms with E-state index >= 15 is 0 Å². The SMILES string of the molecule is COC1(C)C[C@@H](C(=O)O)N(C(=O)OC(C)(C)C)C1. The summed E-state index contributed by atoms with van der Waals surface area (Å²) in [6, 6.07) is -0.898. The molecule has 1 aliphatic heterocycles. The molecule has 1 rings (SSSR count). The van der Waals surface area contributed by atoms with Crippen LogP contribution >= 0.6 is 0 Å². The number of hydrogen-bond acceptors (Lipinski definition) is 4. The van der Waals surface area contributed by atoms with Crippen molar-refractivity contribution in [1.29, 1.82) is 0 Å². The second kappa shape index (κ2) is 4.76. The summed E-state index contributed by atoms with van der Waals surface area (Å²) in [6.07, 6.45) is -0.353. The summed E-state index contributed by atoms with van der Waals surface area (Å²) in [5, 5.41) is 9.15. The first-order valence-electron chi connectivity index (χ1n) is 5.85. The van der Waals surface area contributed by atoms with Crippen molar-refractivity contribution in [3.63, 3.8) is 0 Å². The van der Waals surface area contributed by atoms with Gasteiger partial charge in [-0.1, -0.05) is 0 Å². The number of rotatable bonds is 2. The molecule has 1 unspecified atom stereocenters. The average Bonchev–Trinajstić information content (AvgIpc) is 2.55. The number of likely N-dealkylation sites (tertiary alicyclic amines) is 1. The Bertz CT molecular complexity index is 349. The number of aliphatic carboxylic acids is 1. The molecule has 0 radical (unpaired) electrons. The van der Waals surface area contributed by atoms with E-state index in [1.165, 1.54) is 12.0 Å². The molecular weight excluding hydrogens is 238 g/mol. The standard InChI is InChI=1S/C12H21NO5/c1-11(2,3)18-10(16)13-7-12(4,17-5)6-8(13)9(14)15/h8H,6-7H2,1-5H3,(H,14,15)/t8-,12?/m0/s1. The van der Waals surface area contributed by atoms with Crippen molar-refractivity contribution in [2.75, 3.05) is 13.7 Å². The van der Waals surface area contributed by atoms with Crippen molar-refractivity contribution in [3.8, 4) is 0 Å². The van der Waals surface area contributed by atoms with Crippen LogP contribution in [-0.2, 0) is 14.3 Å². The molecule has 1 saturated heterocycles. The molecule has 0 aliphatic carbocycles. The number of carbonyl (C=O) groups excluding carboxylic acids is 1. The van der Waals surface area contributed by atoms with Gasteiger partial charge in [-0.05, 0) is 27.7 Å². The lowest BCUT2D eigenvalue weighted by Crippen LogP contribution is -2.44. The third-order valence-electron chi connectivity index (χ3n) is 2.91. The largest absolute Gasteiger partial charge is 0.480 e. The number of carboxylic acids is 1. The fourth-order valence-electron chi connectivity index (χ4n) is 1.94. The van der Waals surface area contributed by atoms with E-state index in [0.717, 1.165) is 0 Å². The van der Waals surface area contributed by atoms with E-state index in [1.54, 1.807) is 27.7 Å². The number of hydrogen-bond donors (Lipinski definition) is 1. The Kier molecular flexibility index (Phi) is 3.90. The van der Waals surface area contributed by atoms with Crippen molar-refractivity contribution < 1.29 is 24.2 Å². The number of methoxy groups -OCH3 is 1. The highest BCUT2D eigenvalue weighted by Gasteiger charge is 2.47. The van der Waals surface area contributed by atoms with Crippen molar-refractivity contribution in [1.82, 2.24) is 4.90 Å². The summed E-state index contributed by atoms with van der Waals surface area (Å²) >= 11 is 0. The molecule has 1 aliphatic rings. The lowest BCUT2D eigenvalue weighted by Gasteiger charge is -2.27. The highest BCUT2D eigenvalue weighted by molar-refractivity contribution is 5.81. The third-order valence-corrected chi connectivity index (χ3v) is 2.91. The van der Waals surface area contributed by atoms with E-state index in [2.05, 4.69) is 0 Å². The van der Waals surface area contributed by atoms with Gasteiger partial charge < -0.3 is 14.6 Å². The Morgan fingerprint density at radius 1 is 1.39 bits per heavy atom. The van der Waals surface area contributed by atoms with Gasteiger partial charge in [-0.3, -0.25) is 4.90 Å². The van der Waals surface area contributed by atoms with Crippen LogP contribution in [0.2, 0.25) is 0 Å². The summed E-state index contributed by atoms with van der Waals surface area (Å²) in [5.41, 5.74) is -1.29. The van der Waals surface area contributed by atoms with Gasteiger partial charge in [0.25, 0.3) is 0 Å². The van der Waals surface area contributed by atoms with Gasteiger partial charge in [0.15, 0.2) is 0 Å². The second-order valence-corrected chi connectivity index (χ2v) is 5.82. The van der Waals surface area contributed by atoms with Crippen LogP contribution in [0.15, 0.2) is 0 Å². The summed E-state index contributed by atoms with van der Waals surface area (Å²) in [7, 11) is 1.51. The molecule has 1 amide bonds. The van der Waals surface area contributed by atoms with Crippen molar-refractivity contribution in [2.45, 2.75) is 51.4 Å². The first kappa shape index (κ1) is 14.8. The summed E-state index contributed by atoms with van der Waals surface area (Å²) in [6.45, 7) is 7.23. The van der Waals surface area contributed by atoms with E-state index in [4.69, 9.17) is 14.6 Å². The molecule has 0 spiro atoms. The van der Waals surface area contributed by atoms with Gasteiger partial charge in [0.05, 0.1) is 12.1 Å². The highest BCUT2D eigenvalue weighted by atomic mass is 16.6. The fourth-order valence-corrected chi connectivity index (χ4v) is 1.94. The predicted octanol–water partition coefficient (Wildman–Crippen LogP) is 1.49. The Hall–Kier alpha value is -1.30. The van der Waals surface area contributed by atoms with Crippen LogP contribution < -0.4 is 0 Å². The van der Waals surface area contributed by atoms with Gasteiger partial charge in [0, 0.05) is 13.5 Å². The summed E-state index contributed by atoms with van der Waals surface area (Å²) < 4.78 is 10.5. The van der Waals surface area contributed by atoms with E-state index in [1.807, 2.05) is 0 Å². The van der Waals surface area contributed by atoms with Crippen LogP contribution in [0, 0.1) is 0 Å². The Morgan fingerprint density at radius 2 is 1.94 bits per heavy atom. The van der Waals surface area contributed by atoms with E-state index in [9.17, 15) is 9.59 Å². The molecule has 1 N–H and O–H groups in total. The molecule has 1 heterocycles. The van der Waals surface area contributed by atoms with Crippen LogP contribution in [0.3, 0.4) is 0 Å². The van der Waals surface area contributed by atoms with Gasteiger partial charge >= 0.3 is 12.1 Å². The number of carbonyl (C=O) groups is 2. The van der Waals surface area contributed by atoms with Gasteiger partial charge in [0.1, 0.15) is 11.6 Å². The predicted molar refractivity (Wildman–Crippen MR) is 64.4 cm³/mol. The monoisotopic (exact) mass is 259 g/mol.